The van der Waals surface area contributed by atoms with Crippen LogP contribution in [0.2, 0.25) is 0 Å². The minimum absolute atomic E-state index is 0.373. The molecule has 0 saturated carbocycles. The Hall–Kier alpha value is -1.54. The molecular weight excluding hydrogens is 268 g/mol. The van der Waals surface area contributed by atoms with Crippen molar-refractivity contribution in [3.8, 4) is 0 Å². The smallest absolute Gasteiger partial charge is 0.305 e. The number of hydrogen-bond donors (Lipinski definition) is 2. The van der Waals surface area contributed by atoms with Gasteiger partial charge < -0.3 is 10.8 Å². The second-order valence-corrected chi connectivity index (χ2v) is 5.76. The van der Waals surface area contributed by atoms with E-state index in [0.717, 1.165) is 6.26 Å². The zero-order valence-electron chi connectivity index (χ0n) is 9.35. The number of hydrogen-bond acceptors (Lipinski definition) is 4. The van der Waals surface area contributed by atoms with Crippen LogP contribution in [-0.4, -0.2) is 25.7 Å². The standard InChI is InChI=1S/C10H11F2NO4S/c1-18(16,17)9-3-6(11)5(2-7(9)12)8(13)4-10(14)15/h2-3,8H,4,13H2,1H3,(H,14,15). The van der Waals surface area contributed by atoms with Gasteiger partial charge in [-0.05, 0) is 12.1 Å². The van der Waals surface area contributed by atoms with Crippen LogP contribution in [0.3, 0.4) is 0 Å². The minimum atomic E-state index is -3.89. The van der Waals surface area contributed by atoms with Gasteiger partial charge in [0.25, 0.3) is 0 Å². The molecule has 3 N–H and O–H groups in total. The molecule has 0 fully saturated rings. The maximum Gasteiger partial charge on any atom is 0.305 e. The second kappa shape index (κ2) is 4.99. The van der Waals surface area contributed by atoms with Crippen LogP contribution < -0.4 is 5.73 Å². The molecular formula is C10H11F2NO4S. The molecule has 0 saturated heterocycles. The van der Waals surface area contributed by atoms with Crippen molar-refractivity contribution >= 4 is 15.8 Å². The molecule has 1 unspecified atom stereocenters. The summed E-state index contributed by atoms with van der Waals surface area (Å²) in [6, 6.07) is -0.133. The summed E-state index contributed by atoms with van der Waals surface area (Å²) in [6.07, 6.45) is 0.149. The number of rotatable bonds is 4. The summed E-state index contributed by atoms with van der Waals surface area (Å²) in [5, 5.41) is 8.50. The fourth-order valence-corrected chi connectivity index (χ4v) is 2.14. The number of carbonyl (C=O) groups is 1. The predicted octanol–water partition coefficient (Wildman–Crippen LogP) is 0.843. The van der Waals surface area contributed by atoms with Crippen LogP contribution in [0.5, 0.6) is 0 Å². The first-order chi connectivity index (χ1) is 8.12. The van der Waals surface area contributed by atoms with E-state index >= 15 is 0 Å². The van der Waals surface area contributed by atoms with Crippen LogP contribution >= 0.6 is 0 Å². The number of nitrogens with two attached hydrogens (primary N) is 1. The summed E-state index contributed by atoms with van der Waals surface area (Å²) in [6.45, 7) is 0. The summed E-state index contributed by atoms with van der Waals surface area (Å²) in [7, 11) is -3.89. The Morgan fingerprint density at radius 2 is 1.94 bits per heavy atom. The molecule has 0 heterocycles. The van der Waals surface area contributed by atoms with E-state index in [2.05, 4.69) is 0 Å². The summed E-state index contributed by atoms with van der Waals surface area (Å²) in [4.78, 5) is 9.63. The Morgan fingerprint density at radius 3 is 2.39 bits per heavy atom. The van der Waals surface area contributed by atoms with Gasteiger partial charge in [0.2, 0.25) is 0 Å². The Balaban J connectivity index is 3.27. The Kier molecular flexibility index (Phi) is 4.02. The van der Waals surface area contributed by atoms with Crippen LogP contribution in [-0.2, 0) is 14.6 Å². The zero-order valence-corrected chi connectivity index (χ0v) is 10.2. The lowest BCUT2D eigenvalue weighted by atomic mass is 10.0. The Labute approximate surface area is 102 Å². The fourth-order valence-electron chi connectivity index (χ4n) is 1.41. The first-order valence-corrected chi connectivity index (χ1v) is 6.68. The van der Waals surface area contributed by atoms with E-state index in [0.29, 0.717) is 12.1 Å². The maximum atomic E-state index is 13.6. The van der Waals surface area contributed by atoms with Gasteiger partial charge in [0.05, 0.1) is 6.42 Å². The van der Waals surface area contributed by atoms with Gasteiger partial charge in [0.15, 0.2) is 9.84 Å². The van der Waals surface area contributed by atoms with Crippen LogP contribution in [0, 0.1) is 11.6 Å². The van der Waals surface area contributed by atoms with Crippen molar-refractivity contribution in [2.24, 2.45) is 5.73 Å². The molecule has 0 spiro atoms. The van der Waals surface area contributed by atoms with E-state index < -0.39 is 44.8 Å². The molecule has 1 atom stereocenters. The highest BCUT2D eigenvalue weighted by Gasteiger charge is 2.21. The van der Waals surface area contributed by atoms with E-state index in [1.54, 1.807) is 0 Å². The Morgan fingerprint density at radius 1 is 1.39 bits per heavy atom. The molecule has 1 aromatic rings. The lowest BCUT2D eigenvalue weighted by molar-refractivity contribution is -0.137. The first-order valence-electron chi connectivity index (χ1n) is 4.79. The number of halogens is 2. The number of carboxylic acids is 1. The second-order valence-electron chi connectivity index (χ2n) is 3.78. The van der Waals surface area contributed by atoms with E-state index in [9.17, 15) is 22.0 Å². The van der Waals surface area contributed by atoms with Gasteiger partial charge in [-0.1, -0.05) is 0 Å². The first kappa shape index (κ1) is 14.5. The van der Waals surface area contributed by atoms with Gasteiger partial charge in [0.1, 0.15) is 16.5 Å². The largest absolute Gasteiger partial charge is 0.481 e. The molecule has 0 aliphatic heterocycles. The SMILES string of the molecule is CS(=O)(=O)c1cc(F)c(C(N)CC(=O)O)cc1F. The molecule has 1 rings (SSSR count). The normalized spacial score (nSPS) is 13.3. The van der Waals surface area contributed by atoms with Crippen molar-refractivity contribution in [1.82, 2.24) is 0 Å². The van der Waals surface area contributed by atoms with Crippen LogP contribution in [0.4, 0.5) is 8.78 Å². The predicted molar refractivity (Wildman–Crippen MR) is 58.6 cm³/mol. The molecule has 0 aliphatic carbocycles. The molecule has 18 heavy (non-hydrogen) atoms. The third-order valence-corrected chi connectivity index (χ3v) is 3.36. The molecule has 100 valence electrons. The molecule has 0 aromatic heterocycles. The molecule has 0 bridgehead atoms. The summed E-state index contributed by atoms with van der Waals surface area (Å²) in [5.74, 6) is -3.48. The van der Waals surface area contributed by atoms with Crippen molar-refractivity contribution in [1.29, 1.82) is 0 Å². The van der Waals surface area contributed by atoms with Crippen LogP contribution in [0.25, 0.3) is 0 Å². The van der Waals surface area contributed by atoms with Gasteiger partial charge in [-0.2, -0.15) is 0 Å². The lowest BCUT2D eigenvalue weighted by Crippen LogP contribution is -2.17. The molecule has 0 amide bonds. The van der Waals surface area contributed by atoms with Crippen molar-refractivity contribution in [3.05, 3.63) is 29.3 Å². The monoisotopic (exact) mass is 279 g/mol. The van der Waals surface area contributed by atoms with Crippen LogP contribution in [0.15, 0.2) is 17.0 Å². The maximum absolute atomic E-state index is 13.6. The quantitative estimate of drug-likeness (QED) is 0.851. The summed E-state index contributed by atoms with van der Waals surface area (Å²) < 4.78 is 49.3. The van der Waals surface area contributed by atoms with Crippen molar-refractivity contribution < 1.29 is 27.1 Å². The van der Waals surface area contributed by atoms with Gasteiger partial charge in [-0.3, -0.25) is 4.79 Å². The Bertz CT molecular complexity index is 586. The molecule has 8 heteroatoms. The average molecular weight is 279 g/mol. The molecule has 5 nitrogen and oxygen atoms in total. The third-order valence-electron chi connectivity index (χ3n) is 2.24. The molecule has 1 aromatic carbocycles. The minimum Gasteiger partial charge on any atom is -0.481 e. The van der Waals surface area contributed by atoms with E-state index in [1.807, 2.05) is 0 Å². The summed E-state index contributed by atoms with van der Waals surface area (Å²) in [5.41, 5.74) is 5.01. The molecule has 0 aliphatic rings. The van der Waals surface area contributed by atoms with Gasteiger partial charge in [-0.25, -0.2) is 17.2 Å². The highest BCUT2D eigenvalue weighted by Crippen LogP contribution is 2.24. The number of carboxylic acid groups (broad SMARTS) is 1. The van der Waals surface area contributed by atoms with Crippen molar-refractivity contribution in [2.45, 2.75) is 17.4 Å². The van der Waals surface area contributed by atoms with Crippen molar-refractivity contribution in [2.75, 3.05) is 6.26 Å². The number of sulfone groups is 1. The van der Waals surface area contributed by atoms with E-state index in [-0.39, 0.29) is 5.56 Å². The number of benzene rings is 1. The van der Waals surface area contributed by atoms with Crippen molar-refractivity contribution in [3.63, 3.8) is 0 Å². The highest BCUT2D eigenvalue weighted by atomic mass is 32.2. The van der Waals surface area contributed by atoms with E-state index in [1.165, 1.54) is 0 Å². The van der Waals surface area contributed by atoms with Crippen LogP contribution in [0.1, 0.15) is 18.0 Å². The third kappa shape index (κ3) is 3.23. The fraction of sp³-hybridized carbons (Fsp3) is 0.300. The number of aliphatic carboxylic acids is 1. The summed E-state index contributed by atoms with van der Waals surface area (Å²) >= 11 is 0. The average Bonchev–Trinajstić information content (AvgIpc) is 2.18. The molecule has 0 radical (unpaired) electrons. The van der Waals surface area contributed by atoms with Gasteiger partial charge >= 0.3 is 5.97 Å². The highest BCUT2D eigenvalue weighted by molar-refractivity contribution is 7.90. The van der Waals surface area contributed by atoms with E-state index in [4.69, 9.17) is 10.8 Å². The van der Waals surface area contributed by atoms with Gasteiger partial charge in [-0.15, -0.1) is 0 Å². The lowest BCUT2D eigenvalue weighted by Gasteiger charge is -2.12. The van der Waals surface area contributed by atoms with Gasteiger partial charge in [0, 0.05) is 17.9 Å². The topological polar surface area (TPSA) is 97.5 Å². The zero-order chi connectivity index (χ0) is 14.1.